The van der Waals surface area contributed by atoms with Crippen LogP contribution in [0.25, 0.3) is 0 Å². The number of amides is 1. The molecule has 1 amide bonds. The average molecular weight is 369 g/mol. The zero-order valence-electron chi connectivity index (χ0n) is 18.5. The van der Waals surface area contributed by atoms with Crippen molar-refractivity contribution >= 4 is 5.91 Å². The van der Waals surface area contributed by atoms with Gasteiger partial charge in [-0.1, -0.05) is 104 Å². The summed E-state index contributed by atoms with van der Waals surface area (Å²) in [6.07, 6.45) is 22.2. The number of hydrogen-bond donors (Lipinski definition) is 0. The largest absolute Gasteiger partial charge is 0.276 e. The van der Waals surface area contributed by atoms with Crippen molar-refractivity contribution in [2.45, 2.75) is 123 Å². The van der Waals surface area contributed by atoms with Crippen molar-refractivity contribution in [3.05, 3.63) is 0 Å². The predicted molar refractivity (Wildman–Crippen MR) is 115 cm³/mol. The number of nitrogens with zero attached hydrogens (tertiary/aromatic N) is 2. The van der Waals surface area contributed by atoms with Gasteiger partial charge in [0.15, 0.2) is 0 Å². The van der Waals surface area contributed by atoms with Crippen LogP contribution in [-0.4, -0.2) is 36.6 Å². The van der Waals surface area contributed by atoms with E-state index in [0.717, 1.165) is 19.4 Å². The molecule has 0 aromatic carbocycles. The molecule has 0 spiro atoms. The maximum absolute atomic E-state index is 12.2. The normalized spacial score (nSPS) is 11.3. The number of hydrazine groups is 1. The van der Waals surface area contributed by atoms with Crippen LogP contribution in [0.5, 0.6) is 0 Å². The lowest BCUT2D eigenvalue weighted by Crippen LogP contribution is -2.42. The fourth-order valence-corrected chi connectivity index (χ4v) is 3.54. The van der Waals surface area contributed by atoms with E-state index in [1.807, 2.05) is 24.1 Å². The number of carbonyl (C=O) groups is 1. The van der Waals surface area contributed by atoms with E-state index in [9.17, 15) is 4.79 Å². The maximum Gasteiger partial charge on any atom is 0.236 e. The lowest BCUT2D eigenvalue weighted by molar-refractivity contribution is -0.144. The Bertz CT molecular complexity index is 305. The van der Waals surface area contributed by atoms with Crippen molar-refractivity contribution < 1.29 is 4.79 Å². The van der Waals surface area contributed by atoms with Crippen LogP contribution in [0.1, 0.15) is 123 Å². The Morgan fingerprint density at radius 1 is 0.577 bits per heavy atom. The predicted octanol–water partition coefficient (Wildman–Crippen LogP) is 6.96. The van der Waals surface area contributed by atoms with E-state index in [-0.39, 0.29) is 5.91 Å². The lowest BCUT2D eigenvalue weighted by Gasteiger charge is -2.28. The van der Waals surface area contributed by atoms with Crippen LogP contribution in [-0.2, 0) is 4.79 Å². The average Bonchev–Trinajstić information content (AvgIpc) is 2.62. The first-order valence-corrected chi connectivity index (χ1v) is 11.6. The molecular formula is C23H48N2O. The maximum atomic E-state index is 12.2. The minimum atomic E-state index is 0.284. The van der Waals surface area contributed by atoms with E-state index in [4.69, 9.17) is 0 Å². The summed E-state index contributed by atoms with van der Waals surface area (Å²) in [5.41, 5.74) is 0. The van der Waals surface area contributed by atoms with Crippen LogP contribution in [0.2, 0.25) is 0 Å². The minimum Gasteiger partial charge on any atom is -0.276 e. The Labute approximate surface area is 164 Å². The molecule has 0 atom stereocenters. The van der Waals surface area contributed by atoms with Gasteiger partial charge in [-0.2, -0.15) is 0 Å². The van der Waals surface area contributed by atoms with Crippen molar-refractivity contribution in [3.63, 3.8) is 0 Å². The van der Waals surface area contributed by atoms with E-state index < -0.39 is 0 Å². The molecule has 156 valence electrons. The third-order valence-corrected chi connectivity index (χ3v) is 5.20. The summed E-state index contributed by atoms with van der Waals surface area (Å²) >= 11 is 0. The molecule has 0 aliphatic carbocycles. The first-order chi connectivity index (χ1) is 12.6. The Kier molecular flexibility index (Phi) is 18.8. The number of carbonyl (C=O) groups excluding carboxylic acids is 1. The SMILES string of the molecule is CCCCCCCCCCCCCCCCCC(=O)N(CCC)N(C)C. The van der Waals surface area contributed by atoms with Crippen LogP contribution in [0.4, 0.5) is 0 Å². The minimum absolute atomic E-state index is 0.284. The molecule has 0 radical (unpaired) electrons. The summed E-state index contributed by atoms with van der Waals surface area (Å²) < 4.78 is 0. The second-order valence-electron chi connectivity index (χ2n) is 8.06. The van der Waals surface area contributed by atoms with Crippen molar-refractivity contribution in [3.8, 4) is 0 Å². The van der Waals surface area contributed by atoms with Gasteiger partial charge in [0.25, 0.3) is 0 Å². The van der Waals surface area contributed by atoms with E-state index >= 15 is 0 Å². The molecule has 0 bridgehead atoms. The summed E-state index contributed by atoms with van der Waals surface area (Å²) in [6.45, 7) is 5.24. The second kappa shape index (κ2) is 19.2. The molecule has 3 nitrogen and oxygen atoms in total. The number of unbranched alkanes of at least 4 members (excludes halogenated alkanes) is 14. The molecule has 0 aromatic rings. The molecule has 0 unspecified atom stereocenters. The number of hydrogen-bond acceptors (Lipinski definition) is 2. The molecule has 0 saturated heterocycles. The van der Waals surface area contributed by atoms with Crippen molar-refractivity contribution in [2.75, 3.05) is 20.6 Å². The molecule has 26 heavy (non-hydrogen) atoms. The summed E-state index contributed by atoms with van der Waals surface area (Å²) in [5, 5.41) is 3.81. The van der Waals surface area contributed by atoms with Crippen molar-refractivity contribution in [1.29, 1.82) is 0 Å². The van der Waals surface area contributed by atoms with Gasteiger partial charge in [0.05, 0.1) is 0 Å². The van der Waals surface area contributed by atoms with Crippen LogP contribution >= 0.6 is 0 Å². The molecule has 0 rings (SSSR count). The molecule has 0 saturated carbocycles. The van der Waals surface area contributed by atoms with Gasteiger partial charge < -0.3 is 0 Å². The van der Waals surface area contributed by atoms with Gasteiger partial charge in [-0.15, -0.1) is 0 Å². The highest BCUT2D eigenvalue weighted by Crippen LogP contribution is 2.14. The summed E-state index contributed by atoms with van der Waals surface area (Å²) in [5.74, 6) is 0.284. The van der Waals surface area contributed by atoms with E-state index in [1.165, 1.54) is 89.9 Å². The first-order valence-electron chi connectivity index (χ1n) is 11.6. The smallest absolute Gasteiger partial charge is 0.236 e. The van der Waals surface area contributed by atoms with Gasteiger partial charge in [0, 0.05) is 27.1 Å². The topological polar surface area (TPSA) is 23.6 Å². The van der Waals surface area contributed by atoms with Crippen molar-refractivity contribution in [1.82, 2.24) is 10.0 Å². The van der Waals surface area contributed by atoms with Crippen molar-refractivity contribution in [2.24, 2.45) is 0 Å². The summed E-state index contributed by atoms with van der Waals surface area (Å²) in [6, 6.07) is 0. The molecular weight excluding hydrogens is 320 g/mol. The fraction of sp³-hybridized carbons (Fsp3) is 0.957. The lowest BCUT2D eigenvalue weighted by atomic mass is 10.0. The van der Waals surface area contributed by atoms with Gasteiger partial charge in [-0.3, -0.25) is 9.80 Å². The first kappa shape index (κ1) is 25.4. The van der Waals surface area contributed by atoms with Crippen LogP contribution in [0.15, 0.2) is 0 Å². The number of rotatable bonds is 19. The van der Waals surface area contributed by atoms with E-state index in [2.05, 4.69) is 13.8 Å². The van der Waals surface area contributed by atoms with Crippen LogP contribution in [0.3, 0.4) is 0 Å². The Balaban J connectivity index is 3.32. The molecule has 3 heteroatoms. The molecule has 0 fully saturated rings. The molecule has 0 aliphatic rings. The molecule has 0 heterocycles. The third kappa shape index (κ3) is 15.7. The van der Waals surface area contributed by atoms with Crippen LogP contribution < -0.4 is 0 Å². The zero-order chi connectivity index (χ0) is 19.5. The molecule has 0 aromatic heterocycles. The highest BCUT2D eigenvalue weighted by atomic mass is 16.2. The van der Waals surface area contributed by atoms with E-state index in [1.54, 1.807) is 0 Å². The van der Waals surface area contributed by atoms with Gasteiger partial charge >= 0.3 is 0 Å². The highest BCUT2D eigenvalue weighted by Gasteiger charge is 2.13. The quantitative estimate of drug-likeness (QED) is 0.182. The van der Waals surface area contributed by atoms with Crippen LogP contribution in [0, 0.1) is 0 Å². The fourth-order valence-electron chi connectivity index (χ4n) is 3.54. The second-order valence-corrected chi connectivity index (χ2v) is 8.06. The Morgan fingerprint density at radius 2 is 0.962 bits per heavy atom. The van der Waals surface area contributed by atoms with E-state index in [0.29, 0.717) is 6.42 Å². The standard InChI is InChI=1S/C23H48N2O/c1-5-7-8-9-10-11-12-13-14-15-16-17-18-19-20-21-23(26)25(22-6-2)24(3)4/h5-22H2,1-4H3. The van der Waals surface area contributed by atoms with Gasteiger partial charge in [0.1, 0.15) is 0 Å². The monoisotopic (exact) mass is 368 g/mol. The summed E-state index contributed by atoms with van der Waals surface area (Å²) in [7, 11) is 3.92. The Morgan fingerprint density at radius 3 is 1.31 bits per heavy atom. The molecule has 0 N–H and O–H groups in total. The van der Waals surface area contributed by atoms with Gasteiger partial charge in [-0.05, 0) is 12.8 Å². The highest BCUT2D eigenvalue weighted by molar-refractivity contribution is 5.75. The van der Waals surface area contributed by atoms with Gasteiger partial charge in [-0.25, -0.2) is 5.01 Å². The third-order valence-electron chi connectivity index (χ3n) is 5.20. The summed E-state index contributed by atoms with van der Waals surface area (Å²) in [4.78, 5) is 12.2. The molecule has 0 aliphatic heterocycles. The van der Waals surface area contributed by atoms with Gasteiger partial charge in [0.2, 0.25) is 5.91 Å². The zero-order valence-corrected chi connectivity index (χ0v) is 18.5. The Hall–Kier alpha value is -0.570.